The fourth-order valence-corrected chi connectivity index (χ4v) is 4.41. The van der Waals surface area contributed by atoms with Crippen LogP contribution < -0.4 is 10.6 Å². The van der Waals surface area contributed by atoms with Crippen LogP contribution >= 0.6 is 23.6 Å². The predicted octanol–water partition coefficient (Wildman–Crippen LogP) is 4.85. The molecule has 0 fully saturated rings. The summed E-state index contributed by atoms with van der Waals surface area (Å²) in [7, 11) is 0. The Morgan fingerprint density at radius 1 is 1.04 bits per heavy atom. The Morgan fingerprint density at radius 3 is 2.71 bits per heavy atom. The molecular weight excluding hydrogens is 391 g/mol. The SMILES string of the molecule is Fc1cccc([C@H]2NC(=S)NC(c3cccs3)=C2c2nc3ccccc3[nH]2)c1. The Balaban J connectivity index is 1.77. The molecule has 5 rings (SSSR count). The maximum atomic E-state index is 14.0. The smallest absolute Gasteiger partial charge is 0.171 e. The first kappa shape index (κ1) is 17.1. The average Bonchev–Trinajstić information content (AvgIpc) is 3.37. The molecule has 4 nitrogen and oxygen atoms in total. The lowest BCUT2D eigenvalue weighted by Crippen LogP contribution is -2.42. The van der Waals surface area contributed by atoms with Gasteiger partial charge in [0.25, 0.3) is 0 Å². The first-order valence-corrected chi connectivity index (χ1v) is 10.0. The molecule has 1 atom stereocenters. The third kappa shape index (κ3) is 2.98. The standard InChI is InChI=1S/C21H15FN4S2/c22-13-6-3-5-12(11-13)18-17(20-23-14-7-1-2-8-15(14)24-20)19(26-21(27)25-18)16-9-4-10-28-16/h1-11,18H,(H,23,24)(H2,25,26,27)/t18-/m1/s1. The van der Waals surface area contributed by atoms with Gasteiger partial charge in [0.2, 0.25) is 0 Å². The lowest BCUT2D eigenvalue weighted by atomic mass is 9.94. The van der Waals surface area contributed by atoms with Crippen molar-refractivity contribution < 1.29 is 4.39 Å². The third-order valence-corrected chi connectivity index (χ3v) is 5.77. The van der Waals surface area contributed by atoms with Crippen LogP contribution in [0.1, 0.15) is 22.3 Å². The van der Waals surface area contributed by atoms with E-state index in [9.17, 15) is 4.39 Å². The summed E-state index contributed by atoms with van der Waals surface area (Å²) < 4.78 is 14.0. The molecule has 0 spiro atoms. The topological polar surface area (TPSA) is 52.7 Å². The van der Waals surface area contributed by atoms with Gasteiger partial charge in [0.15, 0.2) is 5.11 Å². The number of hydrogen-bond acceptors (Lipinski definition) is 3. The molecule has 3 heterocycles. The molecule has 1 aliphatic rings. The number of nitrogens with zero attached hydrogens (tertiary/aromatic N) is 1. The van der Waals surface area contributed by atoms with Gasteiger partial charge in [-0.3, -0.25) is 0 Å². The van der Waals surface area contributed by atoms with Crippen molar-refractivity contribution in [1.29, 1.82) is 0 Å². The normalized spacial score (nSPS) is 16.9. The summed E-state index contributed by atoms with van der Waals surface area (Å²) in [4.78, 5) is 9.24. The van der Waals surface area contributed by atoms with E-state index in [2.05, 4.69) is 15.6 Å². The molecule has 7 heteroatoms. The van der Waals surface area contributed by atoms with Crippen LogP contribution in [0.5, 0.6) is 0 Å². The number of nitrogens with one attached hydrogen (secondary N) is 3. The van der Waals surface area contributed by atoms with Gasteiger partial charge in [-0.15, -0.1) is 11.3 Å². The number of halogens is 1. The Hall–Kier alpha value is -3.03. The zero-order valence-electron chi connectivity index (χ0n) is 14.6. The zero-order chi connectivity index (χ0) is 19.1. The molecule has 0 aliphatic carbocycles. The van der Waals surface area contributed by atoms with Crippen molar-refractivity contribution in [2.24, 2.45) is 0 Å². The minimum absolute atomic E-state index is 0.287. The van der Waals surface area contributed by atoms with Crippen LogP contribution in [-0.4, -0.2) is 15.1 Å². The number of thiophene rings is 1. The van der Waals surface area contributed by atoms with Crippen LogP contribution in [0.15, 0.2) is 66.0 Å². The number of aromatic amines is 1. The monoisotopic (exact) mass is 406 g/mol. The molecule has 0 radical (unpaired) electrons. The number of hydrogen-bond donors (Lipinski definition) is 3. The highest BCUT2D eigenvalue weighted by Crippen LogP contribution is 2.38. The van der Waals surface area contributed by atoms with Crippen LogP contribution in [-0.2, 0) is 0 Å². The van der Waals surface area contributed by atoms with Gasteiger partial charge in [0, 0.05) is 5.57 Å². The molecule has 0 saturated heterocycles. The average molecular weight is 407 g/mol. The molecule has 2 aromatic carbocycles. The van der Waals surface area contributed by atoms with E-state index in [0.717, 1.165) is 38.6 Å². The van der Waals surface area contributed by atoms with E-state index < -0.39 is 0 Å². The van der Waals surface area contributed by atoms with E-state index in [1.807, 2.05) is 47.8 Å². The molecule has 138 valence electrons. The van der Waals surface area contributed by atoms with Gasteiger partial charge < -0.3 is 15.6 Å². The summed E-state index contributed by atoms with van der Waals surface area (Å²) in [6.07, 6.45) is 0. The lowest BCUT2D eigenvalue weighted by Gasteiger charge is -2.31. The van der Waals surface area contributed by atoms with Crippen LogP contribution in [0.3, 0.4) is 0 Å². The Bertz CT molecular complexity index is 1180. The largest absolute Gasteiger partial charge is 0.351 e. The number of thiocarbonyl (C=S) groups is 1. The molecule has 0 unspecified atom stereocenters. The quantitative estimate of drug-likeness (QED) is 0.426. The first-order valence-electron chi connectivity index (χ1n) is 8.75. The van der Waals surface area contributed by atoms with Gasteiger partial charge in [-0.1, -0.05) is 30.3 Å². The molecule has 0 amide bonds. The zero-order valence-corrected chi connectivity index (χ0v) is 16.2. The van der Waals surface area contributed by atoms with Crippen molar-refractivity contribution in [3.05, 3.63) is 88.1 Å². The molecule has 1 aliphatic heterocycles. The second-order valence-corrected chi connectivity index (χ2v) is 7.81. The second kappa shape index (κ2) is 6.85. The number of para-hydroxylation sites is 2. The van der Waals surface area contributed by atoms with Crippen molar-refractivity contribution in [2.75, 3.05) is 0 Å². The van der Waals surface area contributed by atoms with E-state index in [1.54, 1.807) is 17.4 Å². The number of aromatic nitrogens is 2. The van der Waals surface area contributed by atoms with Gasteiger partial charge >= 0.3 is 0 Å². The van der Waals surface area contributed by atoms with E-state index in [4.69, 9.17) is 17.2 Å². The maximum Gasteiger partial charge on any atom is 0.171 e. The van der Waals surface area contributed by atoms with Crippen LogP contribution in [0, 0.1) is 5.82 Å². The van der Waals surface area contributed by atoms with Gasteiger partial charge in [-0.25, -0.2) is 9.37 Å². The van der Waals surface area contributed by atoms with Crippen molar-refractivity contribution in [3.63, 3.8) is 0 Å². The van der Waals surface area contributed by atoms with Crippen molar-refractivity contribution in [3.8, 4) is 0 Å². The number of fused-ring (bicyclic) bond motifs is 1. The number of rotatable bonds is 3. The first-order chi connectivity index (χ1) is 13.7. The predicted molar refractivity (Wildman–Crippen MR) is 115 cm³/mol. The fourth-order valence-electron chi connectivity index (χ4n) is 3.45. The Kier molecular flexibility index (Phi) is 4.18. The number of imidazole rings is 1. The van der Waals surface area contributed by atoms with E-state index in [0.29, 0.717) is 5.11 Å². The van der Waals surface area contributed by atoms with E-state index in [1.165, 1.54) is 12.1 Å². The molecule has 4 aromatic rings. The summed E-state index contributed by atoms with van der Waals surface area (Å²) >= 11 is 7.07. The third-order valence-electron chi connectivity index (χ3n) is 4.67. The van der Waals surface area contributed by atoms with Gasteiger partial charge in [-0.05, 0) is 53.5 Å². The van der Waals surface area contributed by atoms with Crippen LogP contribution in [0.2, 0.25) is 0 Å². The minimum Gasteiger partial charge on any atom is -0.351 e. The molecule has 0 saturated carbocycles. The highest BCUT2D eigenvalue weighted by molar-refractivity contribution is 7.80. The highest BCUT2D eigenvalue weighted by Gasteiger charge is 2.31. The van der Waals surface area contributed by atoms with Gasteiger partial charge in [0.1, 0.15) is 11.6 Å². The van der Waals surface area contributed by atoms with Crippen LogP contribution in [0.25, 0.3) is 22.3 Å². The molecule has 28 heavy (non-hydrogen) atoms. The van der Waals surface area contributed by atoms with E-state index in [-0.39, 0.29) is 11.9 Å². The van der Waals surface area contributed by atoms with Gasteiger partial charge in [0.05, 0.1) is 27.6 Å². The van der Waals surface area contributed by atoms with Crippen molar-refractivity contribution >= 4 is 51.0 Å². The summed E-state index contributed by atoms with van der Waals surface area (Å²) in [5.41, 5.74) is 4.39. The van der Waals surface area contributed by atoms with Crippen LogP contribution in [0.4, 0.5) is 4.39 Å². The minimum atomic E-state index is -0.331. The van der Waals surface area contributed by atoms with E-state index >= 15 is 0 Å². The Labute approximate surface area is 170 Å². The fraction of sp³-hybridized carbons (Fsp3) is 0.0476. The molecular formula is C21H15FN4S2. The van der Waals surface area contributed by atoms with Gasteiger partial charge in [-0.2, -0.15) is 0 Å². The summed E-state index contributed by atoms with van der Waals surface area (Å²) in [6, 6.07) is 18.1. The molecule has 0 bridgehead atoms. The van der Waals surface area contributed by atoms with Crippen molar-refractivity contribution in [1.82, 2.24) is 20.6 Å². The lowest BCUT2D eigenvalue weighted by molar-refractivity contribution is 0.622. The Morgan fingerprint density at radius 2 is 1.93 bits per heavy atom. The summed E-state index contributed by atoms with van der Waals surface area (Å²) in [6.45, 7) is 0. The summed E-state index contributed by atoms with van der Waals surface area (Å²) in [5.74, 6) is 0.437. The maximum absolute atomic E-state index is 14.0. The van der Waals surface area contributed by atoms with Crippen molar-refractivity contribution in [2.45, 2.75) is 6.04 Å². The molecule has 2 aromatic heterocycles. The summed E-state index contributed by atoms with van der Waals surface area (Å²) in [5, 5.41) is 9.08. The molecule has 3 N–H and O–H groups in total. The number of H-pyrrole nitrogens is 1. The second-order valence-electron chi connectivity index (χ2n) is 6.46. The highest BCUT2D eigenvalue weighted by atomic mass is 32.1. The number of benzene rings is 2.